The molecule has 0 amide bonds. The molecule has 2 aromatic heterocycles. The third kappa shape index (κ3) is 2.19. The zero-order chi connectivity index (χ0) is 12.4. The summed E-state index contributed by atoms with van der Waals surface area (Å²) in [7, 11) is 0. The Balaban J connectivity index is 1.84. The zero-order valence-electron chi connectivity index (χ0n) is 9.87. The van der Waals surface area contributed by atoms with Crippen LogP contribution in [0.25, 0.3) is 11.5 Å². The Morgan fingerprint density at radius 2 is 2.06 bits per heavy atom. The first-order chi connectivity index (χ1) is 8.83. The summed E-state index contributed by atoms with van der Waals surface area (Å²) in [4.78, 5) is 8.43. The molecule has 0 radical (unpaired) electrons. The molecule has 1 aliphatic heterocycles. The Morgan fingerprint density at radius 1 is 1.22 bits per heavy atom. The molecule has 1 saturated heterocycles. The molecule has 0 unspecified atom stereocenters. The molecule has 1 fully saturated rings. The van der Waals surface area contributed by atoms with Crippen LogP contribution in [0.15, 0.2) is 23.0 Å². The quantitative estimate of drug-likeness (QED) is 0.866. The average molecular weight is 246 g/mol. The largest absolute Gasteiger partial charge is 0.397 e. The fourth-order valence-electron chi connectivity index (χ4n) is 2.05. The smallest absolute Gasteiger partial charge is 0.259 e. The SMILES string of the molecule is Nc1cncc(-c2nc(C3CCOCC3)no2)c1. The van der Waals surface area contributed by atoms with Crippen LogP contribution in [-0.2, 0) is 4.74 Å². The maximum atomic E-state index is 5.68. The van der Waals surface area contributed by atoms with Gasteiger partial charge in [0.2, 0.25) is 0 Å². The number of anilines is 1. The zero-order valence-corrected chi connectivity index (χ0v) is 9.87. The minimum absolute atomic E-state index is 0.324. The van der Waals surface area contributed by atoms with Crippen molar-refractivity contribution in [3.63, 3.8) is 0 Å². The fraction of sp³-hybridized carbons (Fsp3) is 0.417. The molecule has 3 rings (SSSR count). The molecule has 0 bridgehead atoms. The lowest BCUT2D eigenvalue weighted by Gasteiger charge is -2.18. The Morgan fingerprint density at radius 3 is 2.83 bits per heavy atom. The van der Waals surface area contributed by atoms with Crippen LogP contribution in [0.5, 0.6) is 0 Å². The van der Waals surface area contributed by atoms with Crippen molar-refractivity contribution in [1.82, 2.24) is 15.1 Å². The van der Waals surface area contributed by atoms with Gasteiger partial charge in [0.25, 0.3) is 5.89 Å². The van der Waals surface area contributed by atoms with E-state index >= 15 is 0 Å². The number of hydrogen-bond acceptors (Lipinski definition) is 6. The number of ether oxygens (including phenoxy) is 1. The van der Waals surface area contributed by atoms with Gasteiger partial charge in [-0.05, 0) is 18.9 Å². The standard InChI is InChI=1S/C12H14N4O2/c13-10-5-9(6-14-7-10)12-15-11(16-18-12)8-1-3-17-4-2-8/h5-8H,1-4,13H2. The highest BCUT2D eigenvalue weighted by Crippen LogP contribution is 2.27. The van der Waals surface area contributed by atoms with Gasteiger partial charge < -0.3 is 15.0 Å². The third-order valence-electron chi connectivity index (χ3n) is 3.03. The normalized spacial score (nSPS) is 16.9. The molecule has 0 aromatic carbocycles. The molecule has 2 aromatic rings. The van der Waals surface area contributed by atoms with E-state index in [9.17, 15) is 0 Å². The Kier molecular flexibility index (Phi) is 2.93. The fourth-order valence-corrected chi connectivity index (χ4v) is 2.05. The monoisotopic (exact) mass is 246 g/mol. The first-order valence-corrected chi connectivity index (χ1v) is 5.95. The molecule has 2 N–H and O–H groups in total. The van der Waals surface area contributed by atoms with Crippen molar-refractivity contribution < 1.29 is 9.26 Å². The van der Waals surface area contributed by atoms with E-state index in [0.717, 1.165) is 37.4 Å². The van der Waals surface area contributed by atoms with E-state index in [1.807, 2.05) is 0 Å². The lowest BCUT2D eigenvalue weighted by Crippen LogP contribution is -2.15. The van der Waals surface area contributed by atoms with Crippen LogP contribution in [0.4, 0.5) is 5.69 Å². The van der Waals surface area contributed by atoms with E-state index in [-0.39, 0.29) is 0 Å². The lowest BCUT2D eigenvalue weighted by molar-refractivity contribution is 0.0830. The van der Waals surface area contributed by atoms with Gasteiger partial charge in [-0.2, -0.15) is 4.98 Å². The molecular formula is C12H14N4O2. The van der Waals surface area contributed by atoms with Crippen LogP contribution in [-0.4, -0.2) is 28.3 Å². The first-order valence-electron chi connectivity index (χ1n) is 5.95. The highest BCUT2D eigenvalue weighted by Gasteiger charge is 2.21. The van der Waals surface area contributed by atoms with Crippen molar-refractivity contribution in [3.05, 3.63) is 24.3 Å². The van der Waals surface area contributed by atoms with Crippen molar-refractivity contribution in [2.75, 3.05) is 18.9 Å². The van der Waals surface area contributed by atoms with Crippen molar-refractivity contribution in [2.45, 2.75) is 18.8 Å². The highest BCUT2D eigenvalue weighted by atomic mass is 16.5. The molecule has 1 aliphatic rings. The summed E-state index contributed by atoms with van der Waals surface area (Å²) < 4.78 is 10.6. The van der Waals surface area contributed by atoms with Crippen LogP contribution in [0.3, 0.4) is 0 Å². The van der Waals surface area contributed by atoms with Gasteiger partial charge >= 0.3 is 0 Å². The van der Waals surface area contributed by atoms with Gasteiger partial charge in [-0.3, -0.25) is 4.98 Å². The van der Waals surface area contributed by atoms with E-state index < -0.39 is 0 Å². The molecule has 0 aliphatic carbocycles. The van der Waals surface area contributed by atoms with E-state index in [1.54, 1.807) is 18.5 Å². The van der Waals surface area contributed by atoms with Crippen LogP contribution < -0.4 is 5.73 Å². The Hall–Kier alpha value is -1.95. The van der Waals surface area contributed by atoms with E-state index in [1.165, 1.54) is 0 Å². The molecule has 0 atom stereocenters. The number of rotatable bonds is 2. The summed E-state index contributed by atoms with van der Waals surface area (Å²) in [5, 5.41) is 4.04. The van der Waals surface area contributed by atoms with Crippen LogP contribution in [0.1, 0.15) is 24.6 Å². The number of hydrogen-bond donors (Lipinski definition) is 1. The van der Waals surface area contributed by atoms with Gasteiger partial charge in [0.15, 0.2) is 5.82 Å². The Labute approximate surface area is 104 Å². The number of nitrogens with zero attached hydrogens (tertiary/aromatic N) is 3. The van der Waals surface area contributed by atoms with Gasteiger partial charge in [0, 0.05) is 31.5 Å². The predicted octanol–water partition coefficient (Wildman–Crippen LogP) is 1.61. The molecule has 6 nitrogen and oxygen atoms in total. The van der Waals surface area contributed by atoms with Gasteiger partial charge in [-0.1, -0.05) is 5.16 Å². The summed E-state index contributed by atoms with van der Waals surface area (Å²) in [6.45, 7) is 1.52. The van der Waals surface area contributed by atoms with Crippen LogP contribution >= 0.6 is 0 Å². The minimum Gasteiger partial charge on any atom is -0.397 e. The maximum Gasteiger partial charge on any atom is 0.259 e. The highest BCUT2D eigenvalue weighted by molar-refractivity contribution is 5.57. The van der Waals surface area contributed by atoms with Crippen LogP contribution in [0, 0.1) is 0 Å². The van der Waals surface area contributed by atoms with Crippen molar-refractivity contribution in [3.8, 4) is 11.5 Å². The van der Waals surface area contributed by atoms with Crippen LogP contribution in [0.2, 0.25) is 0 Å². The minimum atomic E-state index is 0.324. The number of pyridine rings is 1. The summed E-state index contributed by atoms with van der Waals surface area (Å²) >= 11 is 0. The summed E-state index contributed by atoms with van der Waals surface area (Å²) in [5.74, 6) is 1.54. The Bertz CT molecular complexity index is 534. The topological polar surface area (TPSA) is 87.1 Å². The molecule has 18 heavy (non-hydrogen) atoms. The first kappa shape index (κ1) is 11.2. The summed E-state index contributed by atoms with van der Waals surface area (Å²) in [5.41, 5.74) is 7.01. The van der Waals surface area contributed by atoms with E-state index in [2.05, 4.69) is 15.1 Å². The number of nitrogens with two attached hydrogens (primary N) is 1. The molecule has 6 heteroatoms. The lowest BCUT2D eigenvalue weighted by atomic mass is 10.00. The second kappa shape index (κ2) is 4.73. The number of nitrogen functional groups attached to an aromatic ring is 1. The molecule has 0 saturated carbocycles. The summed E-state index contributed by atoms with van der Waals surface area (Å²) in [6.07, 6.45) is 5.12. The van der Waals surface area contributed by atoms with Crippen molar-refractivity contribution >= 4 is 5.69 Å². The molecule has 0 spiro atoms. The van der Waals surface area contributed by atoms with Gasteiger partial charge in [-0.15, -0.1) is 0 Å². The average Bonchev–Trinajstić information content (AvgIpc) is 2.89. The van der Waals surface area contributed by atoms with Crippen molar-refractivity contribution in [2.24, 2.45) is 0 Å². The number of aromatic nitrogens is 3. The molecule has 94 valence electrons. The maximum absolute atomic E-state index is 5.68. The van der Waals surface area contributed by atoms with Gasteiger partial charge in [-0.25, -0.2) is 0 Å². The predicted molar refractivity (Wildman–Crippen MR) is 64.7 cm³/mol. The van der Waals surface area contributed by atoms with E-state index in [4.69, 9.17) is 15.0 Å². The second-order valence-electron chi connectivity index (χ2n) is 4.35. The third-order valence-corrected chi connectivity index (χ3v) is 3.03. The molecule has 3 heterocycles. The van der Waals surface area contributed by atoms with Crippen molar-refractivity contribution in [1.29, 1.82) is 0 Å². The van der Waals surface area contributed by atoms with E-state index in [0.29, 0.717) is 17.5 Å². The second-order valence-corrected chi connectivity index (χ2v) is 4.35. The van der Waals surface area contributed by atoms with Gasteiger partial charge in [0.1, 0.15) is 0 Å². The summed E-state index contributed by atoms with van der Waals surface area (Å²) in [6, 6.07) is 1.77. The van der Waals surface area contributed by atoms with Gasteiger partial charge in [0.05, 0.1) is 11.3 Å². The molecular weight excluding hydrogens is 232 g/mol.